The van der Waals surface area contributed by atoms with Crippen molar-refractivity contribution in [2.45, 2.75) is 33.1 Å². The first kappa shape index (κ1) is 19.1. The van der Waals surface area contributed by atoms with Gasteiger partial charge in [0, 0.05) is 6.07 Å². The van der Waals surface area contributed by atoms with E-state index in [1.54, 1.807) is 25.3 Å². The predicted molar refractivity (Wildman–Crippen MR) is 77.7 cm³/mol. The van der Waals surface area contributed by atoms with Gasteiger partial charge >= 0.3 is 11.2 Å². The zero-order valence-electron chi connectivity index (χ0n) is 13.5. The molecular weight excluding hydrogens is 322 g/mol. The van der Waals surface area contributed by atoms with E-state index in [9.17, 15) is 14.5 Å². The van der Waals surface area contributed by atoms with Gasteiger partial charge in [-0.2, -0.15) is 9.40 Å². The van der Waals surface area contributed by atoms with E-state index in [1.807, 2.05) is 6.92 Å². The van der Waals surface area contributed by atoms with Crippen LogP contribution in [0.2, 0.25) is 0 Å². The Balaban J connectivity index is 2.46. The molecule has 0 aliphatic heterocycles. The van der Waals surface area contributed by atoms with Gasteiger partial charge in [0.1, 0.15) is 16.6 Å². The molecular formula is C14H21N3O7+2. The van der Waals surface area contributed by atoms with Gasteiger partial charge in [-0.05, 0) is 19.4 Å². The zero-order valence-corrected chi connectivity index (χ0v) is 13.5. The molecule has 0 aromatic carbocycles. The van der Waals surface area contributed by atoms with Crippen molar-refractivity contribution in [2.75, 3.05) is 13.2 Å². The highest BCUT2D eigenvalue weighted by Gasteiger charge is 2.14. The standard InChI is InChI=1S/C14H20N3O7/c1-3-11(2)24-14(19)22-10-16-7-4-5-12(9-16)13(18)15-6-8-23-17(20)21/h4-5,7,9,11H,3,6,8,10H2,1-2H3,(H-,15,18,20,21)/q+1/p+1. The number of hydrogen-bond acceptors (Lipinski definition) is 6. The zero-order chi connectivity index (χ0) is 17.9. The normalized spacial score (nSPS) is 11.2. The number of ether oxygens (including phenoxy) is 2. The Hall–Kier alpha value is -2.91. The summed E-state index contributed by atoms with van der Waals surface area (Å²) in [7, 11) is 0. The van der Waals surface area contributed by atoms with E-state index in [1.165, 1.54) is 10.8 Å². The van der Waals surface area contributed by atoms with Crippen molar-refractivity contribution in [3.8, 4) is 0 Å². The molecule has 0 aliphatic rings. The lowest BCUT2D eigenvalue weighted by molar-refractivity contribution is -0.975. The number of pyridine rings is 1. The smallest absolute Gasteiger partial charge is 0.431 e. The minimum absolute atomic E-state index is 0.0325. The fraction of sp³-hybridized carbons (Fsp3) is 0.500. The summed E-state index contributed by atoms with van der Waals surface area (Å²) in [5.41, 5.74) is 0.319. The topological polar surface area (TPSA) is 118 Å². The van der Waals surface area contributed by atoms with Gasteiger partial charge in [-0.25, -0.2) is 10.0 Å². The summed E-state index contributed by atoms with van der Waals surface area (Å²) < 4.78 is 11.4. The number of carbonyl (C=O) groups is 2. The average Bonchev–Trinajstić information content (AvgIpc) is 2.56. The van der Waals surface area contributed by atoms with Gasteiger partial charge < -0.3 is 14.8 Å². The van der Waals surface area contributed by atoms with E-state index in [2.05, 4.69) is 10.2 Å². The van der Waals surface area contributed by atoms with Gasteiger partial charge in [0.25, 0.3) is 12.6 Å². The van der Waals surface area contributed by atoms with Crippen molar-refractivity contribution < 1.29 is 38.8 Å². The number of carbonyl (C=O) groups excluding carboxylic acids is 2. The molecule has 1 rings (SSSR count). The van der Waals surface area contributed by atoms with E-state index in [4.69, 9.17) is 14.7 Å². The number of nitrogens with one attached hydrogen (secondary N) is 1. The molecule has 0 radical (unpaired) electrons. The third-order valence-electron chi connectivity index (χ3n) is 2.91. The molecule has 1 atom stereocenters. The Morgan fingerprint density at radius 3 is 2.88 bits per heavy atom. The first-order valence-corrected chi connectivity index (χ1v) is 7.32. The summed E-state index contributed by atoms with van der Waals surface area (Å²) in [6, 6.07) is 3.18. The summed E-state index contributed by atoms with van der Waals surface area (Å²) in [6.07, 6.45) is 2.78. The van der Waals surface area contributed by atoms with Crippen LogP contribution < -0.4 is 9.88 Å². The van der Waals surface area contributed by atoms with Crippen molar-refractivity contribution in [1.29, 1.82) is 0 Å². The molecule has 0 saturated heterocycles. The second kappa shape index (κ2) is 9.98. The summed E-state index contributed by atoms with van der Waals surface area (Å²) in [6.45, 7) is 3.39. The molecule has 0 aliphatic carbocycles. The van der Waals surface area contributed by atoms with E-state index >= 15 is 0 Å². The maximum absolute atomic E-state index is 11.9. The molecule has 1 aromatic heterocycles. The SMILES string of the molecule is CCC(C)OC(=O)OC[n+]1cccc(C(=O)NCCO[N+](=O)O)c1. The minimum atomic E-state index is -0.782. The van der Waals surface area contributed by atoms with Gasteiger partial charge in [0.05, 0.1) is 6.54 Å². The highest BCUT2D eigenvalue weighted by molar-refractivity contribution is 5.93. The van der Waals surface area contributed by atoms with Crippen molar-refractivity contribution in [2.24, 2.45) is 0 Å². The van der Waals surface area contributed by atoms with Crippen molar-refractivity contribution in [1.82, 2.24) is 5.32 Å². The molecule has 10 nitrogen and oxygen atoms in total. The maximum atomic E-state index is 11.9. The van der Waals surface area contributed by atoms with Gasteiger partial charge in [0.15, 0.2) is 19.0 Å². The lowest BCUT2D eigenvalue weighted by Crippen LogP contribution is -2.38. The van der Waals surface area contributed by atoms with Gasteiger partial charge in [-0.1, -0.05) is 6.92 Å². The number of aromatic nitrogens is 1. The van der Waals surface area contributed by atoms with Crippen LogP contribution in [0, 0.1) is 4.91 Å². The average molecular weight is 343 g/mol. The molecule has 1 heterocycles. The van der Waals surface area contributed by atoms with Crippen molar-refractivity contribution >= 4 is 12.1 Å². The van der Waals surface area contributed by atoms with E-state index in [0.717, 1.165) is 0 Å². The third kappa shape index (κ3) is 7.38. The highest BCUT2D eigenvalue weighted by Crippen LogP contribution is 1.99. The fourth-order valence-electron chi connectivity index (χ4n) is 1.54. The van der Waals surface area contributed by atoms with Gasteiger partial charge in [-0.15, -0.1) is 0 Å². The molecule has 0 saturated carbocycles. The number of rotatable bonds is 9. The summed E-state index contributed by atoms with van der Waals surface area (Å²) in [4.78, 5) is 37.6. The second-order valence-corrected chi connectivity index (χ2v) is 4.79. The monoisotopic (exact) mass is 343 g/mol. The molecule has 0 fully saturated rings. The van der Waals surface area contributed by atoms with E-state index in [-0.39, 0.29) is 26.0 Å². The first-order chi connectivity index (χ1) is 11.4. The van der Waals surface area contributed by atoms with Crippen LogP contribution in [0.5, 0.6) is 0 Å². The van der Waals surface area contributed by atoms with E-state index in [0.29, 0.717) is 12.0 Å². The predicted octanol–water partition coefficient (Wildman–Crippen LogP) is 0.713. The van der Waals surface area contributed by atoms with Crippen LogP contribution >= 0.6 is 0 Å². The van der Waals surface area contributed by atoms with Crippen molar-refractivity contribution in [3.05, 3.63) is 35.0 Å². The van der Waals surface area contributed by atoms with Crippen LogP contribution in [0.1, 0.15) is 30.6 Å². The Morgan fingerprint density at radius 1 is 1.46 bits per heavy atom. The van der Waals surface area contributed by atoms with Crippen molar-refractivity contribution in [3.63, 3.8) is 0 Å². The third-order valence-corrected chi connectivity index (χ3v) is 2.91. The first-order valence-electron chi connectivity index (χ1n) is 7.32. The molecule has 1 unspecified atom stereocenters. The Bertz CT molecular complexity index is 579. The van der Waals surface area contributed by atoms with Crippen LogP contribution in [0.15, 0.2) is 24.5 Å². The molecule has 24 heavy (non-hydrogen) atoms. The summed E-state index contributed by atoms with van der Waals surface area (Å²) in [5, 5.41) is 10.0. The van der Waals surface area contributed by atoms with Crippen LogP contribution in [-0.4, -0.2) is 41.6 Å². The van der Waals surface area contributed by atoms with E-state index < -0.39 is 17.1 Å². The van der Waals surface area contributed by atoms with Gasteiger partial charge in [-0.3, -0.25) is 4.79 Å². The van der Waals surface area contributed by atoms with Crippen LogP contribution in [0.3, 0.4) is 0 Å². The summed E-state index contributed by atoms with van der Waals surface area (Å²) in [5.74, 6) is -0.412. The largest absolute Gasteiger partial charge is 0.513 e. The number of hydrogen-bond donors (Lipinski definition) is 2. The lowest BCUT2D eigenvalue weighted by atomic mass is 10.2. The molecule has 1 aromatic rings. The maximum Gasteiger partial charge on any atom is 0.513 e. The fourth-order valence-corrected chi connectivity index (χ4v) is 1.54. The minimum Gasteiger partial charge on any atom is -0.431 e. The second-order valence-electron chi connectivity index (χ2n) is 4.79. The highest BCUT2D eigenvalue weighted by atomic mass is 16.9. The summed E-state index contributed by atoms with van der Waals surface area (Å²) >= 11 is 0. The Labute approximate surface area is 138 Å². The van der Waals surface area contributed by atoms with Crippen LogP contribution in [-0.2, 0) is 21.0 Å². The molecule has 0 spiro atoms. The van der Waals surface area contributed by atoms with Crippen LogP contribution in [0.25, 0.3) is 0 Å². The molecule has 10 heteroatoms. The van der Waals surface area contributed by atoms with Gasteiger partial charge in [0.2, 0.25) is 0 Å². The number of nitrogens with zero attached hydrogens (tertiary/aromatic N) is 2. The lowest BCUT2D eigenvalue weighted by Gasteiger charge is -2.09. The number of amides is 1. The Morgan fingerprint density at radius 2 is 2.21 bits per heavy atom. The molecule has 0 bridgehead atoms. The quantitative estimate of drug-likeness (QED) is 0.293. The molecule has 132 valence electrons. The van der Waals surface area contributed by atoms with Crippen LogP contribution in [0.4, 0.5) is 4.79 Å². The Kier molecular flexibility index (Phi) is 7.96. The molecule has 1 amide bonds. The molecule has 2 N–H and O–H groups in total.